The molecule has 2 heteroatoms. The van der Waals surface area contributed by atoms with E-state index in [1.54, 1.807) is 0 Å². The third-order valence-electron chi connectivity index (χ3n) is 5.10. The van der Waals surface area contributed by atoms with Crippen LogP contribution in [-0.4, -0.2) is 17.4 Å². The molecule has 0 amide bonds. The number of nitrogens with one attached hydrogen (secondary N) is 1. The molecule has 1 unspecified atom stereocenters. The van der Waals surface area contributed by atoms with Gasteiger partial charge in [-0.05, 0) is 51.4 Å². The fourth-order valence-corrected chi connectivity index (χ4v) is 3.83. The predicted octanol–water partition coefficient (Wildman–Crippen LogP) is 5.35. The normalized spacial score (nSPS) is 20.0. The Kier molecular flexibility index (Phi) is 6.29. The molecule has 0 aromatic rings. The monoisotopic (exact) mass is 309 g/mol. The van der Waals surface area contributed by atoms with Crippen molar-refractivity contribution in [1.82, 2.24) is 5.32 Å². The molecule has 1 aliphatic rings. The Balaban J connectivity index is 2.89. The van der Waals surface area contributed by atoms with E-state index in [9.17, 15) is 4.79 Å². The van der Waals surface area contributed by atoms with Crippen LogP contribution in [0.2, 0.25) is 0 Å². The summed E-state index contributed by atoms with van der Waals surface area (Å²) in [5, 5.41) is 3.61. The molecular weight excluding hydrogens is 270 g/mol. The number of Topliss-reactive ketones (excluding diaryl/α,β-unsaturated/α-hetero) is 1. The van der Waals surface area contributed by atoms with Gasteiger partial charge in [0, 0.05) is 11.0 Å². The number of rotatable bonds is 5. The van der Waals surface area contributed by atoms with Crippen molar-refractivity contribution in [2.45, 2.75) is 105 Å². The molecule has 0 aliphatic heterocycles. The lowest BCUT2D eigenvalue weighted by atomic mass is 9.66. The van der Waals surface area contributed by atoms with Crippen LogP contribution in [0.5, 0.6) is 0 Å². The molecule has 1 rings (SSSR count). The van der Waals surface area contributed by atoms with Crippen LogP contribution < -0.4 is 5.32 Å². The van der Waals surface area contributed by atoms with Crippen LogP contribution in [0.1, 0.15) is 93.9 Å². The minimum Gasteiger partial charge on any atom is -0.303 e. The summed E-state index contributed by atoms with van der Waals surface area (Å²) < 4.78 is 0. The highest BCUT2D eigenvalue weighted by atomic mass is 16.1. The van der Waals surface area contributed by atoms with Crippen molar-refractivity contribution in [2.75, 3.05) is 0 Å². The summed E-state index contributed by atoms with van der Waals surface area (Å²) in [5.41, 5.74) is -0.0932. The maximum Gasteiger partial charge on any atom is 0.155 e. The molecule has 1 atom stereocenters. The summed E-state index contributed by atoms with van der Waals surface area (Å²) in [6.07, 6.45) is 7.72. The summed E-state index contributed by atoms with van der Waals surface area (Å²) in [4.78, 5) is 12.9. The molecule has 0 radical (unpaired) electrons. The molecule has 0 bridgehead atoms. The van der Waals surface area contributed by atoms with Crippen LogP contribution in [0.4, 0.5) is 0 Å². The van der Waals surface area contributed by atoms with Gasteiger partial charge in [-0.1, -0.05) is 53.9 Å². The number of ketones is 1. The minimum atomic E-state index is -0.286. The van der Waals surface area contributed by atoms with E-state index in [2.05, 4.69) is 39.9 Å². The summed E-state index contributed by atoms with van der Waals surface area (Å²) in [6, 6.07) is -0.0445. The van der Waals surface area contributed by atoms with Crippen LogP contribution in [0.15, 0.2) is 0 Å². The second kappa shape index (κ2) is 7.03. The standard InChI is InChI=1S/C20H39NO/c1-18(2,3)17(22)16(21-19(4,5)6)14-20(7,8)15-12-10-9-11-13-15/h15-16,21H,9-14H2,1-8H3. The predicted molar refractivity (Wildman–Crippen MR) is 96.1 cm³/mol. The Morgan fingerprint density at radius 1 is 0.955 bits per heavy atom. The first kappa shape index (κ1) is 19.7. The van der Waals surface area contributed by atoms with Crippen molar-refractivity contribution < 1.29 is 4.79 Å². The van der Waals surface area contributed by atoms with E-state index in [0.717, 1.165) is 12.3 Å². The number of carbonyl (C=O) groups is 1. The zero-order valence-corrected chi connectivity index (χ0v) is 16.3. The maximum atomic E-state index is 12.9. The first-order valence-electron chi connectivity index (χ1n) is 9.15. The maximum absolute atomic E-state index is 12.9. The highest BCUT2D eigenvalue weighted by Crippen LogP contribution is 2.42. The lowest BCUT2D eigenvalue weighted by Crippen LogP contribution is -2.53. The van der Waals surface area contributed by atoms with E-state index in [1.807, 2.05) is 20.8 Å². The van der Waals surface area contributed by atoms with Crippen molar-refractivity contribution in [3.8, 4) is 0 Å². The van der Waals surface area contributed by atoms with Crippen LogP contribution >= 0.6 is 0 Å². The van der Waals surface area contributed by atoms with Gasteiger partial charge in [0.1, 0.15) is 0 Å². The average Bonchev–Trinajstić information content (AvgIpc) is 2.35. The molecule has 2 nitrogen and oxygen atoms in total. The SMILES string of the molecule is CC(C)(C)NC(CC(C)(C)C1CCCCC1)C(=O)C(C)(C)C. The molecule has 0 heterocycles. The Morgan fingerprint density at radius 2 is 1.45 bits per heavy atom. The van der Waals surface area contributed by atoms with Gasteiger partial charge in [-0.25, -0.2) is 0 Å². The highest BCUT2D eigenvalue weighted by Gasteiger charge is 2.39. The van der Waals surface area contributed by atoms with Gasteiger partial charge in [0.05, 0.1) is 6.04 Å². The molecule has 130 valence electrons. The number of hydrogen-bond donors (Lipinski definition) is 1. The van der Waals surface area contributed by atoms with Crippen LogP contribution in [0.25, 0.3) is 0 Å². The minimum absolute atomic E-state index is 0.0335. The van der Waals surface area contributed by atoms with E-state index in [0.29, 0.717) is 5.78 Å². The van der Waals surface area contributed by atoms with Crippen LogP contribution in [0.3, 0.4) is 0 Å². The molecule has 1 aliphatic carbocycles. The number of carbonyl (C=O) groups excluding carboxylic acids is 1. The second-order valence-electron chi connectivity index (χ2n) is 10.1. The zero-order chi connectivity index (χ0) is 17.2. The summed E-state index contributed by atoms with van der Waals surface area (Å²) in [6.45, 7) is 17.3. The molecule has 0 aromatic carbocycles. The Labute approximate surface area is 138 Å². The topological polar surface area (TPSA) is 29.1 Å². The third-order valence-corrected chi connectivity index (χ3v) is 5.10. The van der Waals surface area contributed by atoms with Crippen LogP contribution in [-0.2, 0) is 4.79 Å². The van der Waals surface area contributed by atoms with Gasteiger partial charge in [0.2, 0.25) is 0 Å². The Morgan fingerprint density at radius 3 is 1.86 bits per heavy atom. The smallest absolute Gasteiger partial charge is 0.155 e. The zero-order valence-electron chi connectivity index (χ0n) is 16.3. The first-order chi connectivity index (χ1) is 9.83. The summed E-state index contributed by atoms with van der Waals surface area (Å²) in [5.74, 6) is 1.12. The van der Waals surface area contributed by atoms with Gasteiger partial charge in [-0.3, -0.25) is 4.79 Å². The Bertz CT molecular complexity index is 364. The van der Waals surface area contributed by atoms with Gasteiger partial charge in [0.15, 0.2) is 5.78 Å². The van der Waals surface area contributed by atoms with Gasteiger partial charge in [0.25, 0.3) is 0 Å². The van der Waals surface area contributed by atoms with E-state index in [-0.39, 0.29) is 22.4 Å². The molecule has 1 saturated carbocycles. The lowest BCUT2D eigenvalue weighted by molar-refractivity contribution is -0.130. The first-order valence-corrected chi connectivity index (χ1v) is 9.15. The van der Waals surface area contributed by atoms with E-state index in [1.165, 1.54) is 32.1 Å². The molecule has 22 heavy (non-hydrogen) atoms. The van der Waals surface area contributed by atoms with Crippen molar-refractivity contribution >= 4 is 5.78 Å². The molecule has 0 spiro atoms. The lowest BCUT2D eigenvalue weighted by Gasteiger charge is -2.42. The Hall–Kier alpha value is -0.370. The van der Waals surface area contributed by atoms with E-state index < -0.39 is 0 Å². The second-order valence-corrected chi connectivity index (χ2v) is 10.1. The van der Waals surface area contributed by atoms with E-state index >= 15 is 0 Å². The quantitative estimate of drug-likeness (QED) is 0.741. The van der Waals surface area contributed by atoms with Gasteiger partial charge in [-0.2, -0.15) is 0 Å². The third kappa shape index (κ3) is 6.02. The van der Waals surface area contributed by atoms with Gasteiger partial charge in [-0.15, -0.1) is 0 Å². The van der Waals surface area contributed by atoms with Crippen molar-refractivity contribution in [3.05, 3.63) is 0 Å². The van der Waals surface area contributed by atoms with Gasteiger partial charge < -0.3 is 5.32 Å². The summed E-state index contributed by atoms with van der Waals surface area (Å²) >= 11 is 0. The summed E-state index contributed by atoms with van der Waals surface area (Å²) in [7, 11) is 0. The molecule has 0 aromatic heterocycles. The molecule has 1 N–H and O–H groups in total. The highest BCUT2D eigenvalue weighted by molar-refractivity contribution is 5.88. The largest absolute Gasteiger partial charge is 0.303 e. The molecule has 1 fully saturated rings. The van der Waals surface area contributed by atoms with Crippen LogP contribution in [0, 0.1) is 16.7 Å². The molecular formula is C20H39NO. The van der Waals surface area contributed by atoms with Gasteiger partial charge >= 0.3 is 0 Å². The fraction of sp³-hybridized carbons (Fsp3) is 0.950. The average molecular weight is 310 g/mol. The number of hydrogen-bond acceptors (Lipinski definition) is 2. The molecule has 0 saturated heterocycles. The van der Waals surface area contributed by atoms with Crippen molar-refractivity contribution in [1.29, 1.82) is 0 Å². The fourth-order valence-electron chi connectivity index (χ4n) is 3.83. The van der Waals surface area contributed by atoms with Crippen molar-refractivity contribution in [3.63, 3.8) is 0 Å². The van der Waals surface area contributed by atoms with E-state index in [4.69, 9.17) is 0 Å². The van der Waals surface area contributed by atoms with Crippen molar-refractivity contribution in [2.24, 2.45) is 16.7 Å².